The third kappa shape index (κ3) is 3.11. The number of thiophene rings is 1. The molecule has 3 aliphatic heterocycles. The average Bonchev–Trinajstić information content (AvgIpc) is 2.99. The molecule has 4 heterocycles. The van der Waals surface area contributed by atoms with Gasteiger partial charge >= 0.3 is 0 Å². The number of carbonyl (C=O) groups is 1. The molecule has 0 spiro atoms. The summed E-state index contributed by atoms with van der Waals surface area (Å²) >= 11 is 1.39. The lowest BCUT2D eigenvalue weighted by Crippen LogP contribution is -2.57. The first-order valence-corrected chi connectivity index (χ1v) is 8.63. The molecule has 3 fully saturated rings. The van der Waals surface area contributed by atoms with E-state index >= 15 is 0 Å². The predicted octanol–water partition coefficient (Wildman–Crippen LogP) is 3.06. The maximum Gasteiger partial charge on any atom is 0.270 e. The second kappa shape index (κ2) is 6.66. The van der Waals surface area contributed by atoms with Crippen LogP contribution in [-0.4, -0.2) is 41.4 Å². The molecule has 1 aromatic carbocycles. The van der Waals surface area contributed by atoms with Gasteiger partial charge in [-0.1, -0.05) is 0 Å². The number of halogens is 1. The Morgan fingerprint density at radius 2 is 2.04 bits per heavy atom. The zero-order valence-electron chi connectivity index (χ0n) is 12.9. The fourth-order valence-corrected chi connectivity index (χ4v) is 4.57. The first kappa shape index (κ1) is 17.1. The zero-order chi connectivity index (χ0) is 16.0. The van der Waals surface area contributed by atoms with E-state index in [9.17, 15) is 14.9 Å². The Balaban J connectivity index is 0.00000169. The normalized spacial score (nSPS) is 25.2. The van der Waals surface area contributed by atoms with E-state index in [0.29, 0.717) is 10.8 Å². The standard InChI is InChI=1S/C16H17N3O3S.ClH/c20-16(17-13-9-18-5-3-10(13)4-6-18)15-8-11-7-12(19(21)22)1-2-14(11)23-15;/h1-2,7-8,10,13H,3-6,9H2,(H,17,20);1H/t13-;/m0./s1. The first-order valence-electron chi connectivity index (χ1n) is 7.81. The minimum atomic E-state index is -0.413. The summed E-state index contributed by atoms with van der Waals surface area (Å²) < 4.78 is 0.898. The fourth-order valence-electron chi connectivity index (χ4n) is 3.62. The van der Waals surface area contributed by atoms with Gasteiger partial charge in [-0.25, -0.2) is 0 Å². The van der Waals surface area contributed by atoms with Crippen molar-refractivity contribution >= 4 is 45.4 Å². The van der Waals surface area contributed by atoms with E-state index in [1.54, 1.807) is 12.1 Å². The Hall–Kier alpha value is -1.70. The molecule has 24 heavy (non-hydrogen) atoms. The van der Waals surface area contributed by atoms with E-state index in [-0.39, 0.29) is 30.0 Å². The highest BCUT2D eigenvalue weighted by atomic mass is 35.5. The van der Waals surface area contributed by atoms with Gasteiger partial charge in [-0.3, -0.25) is 14.9 Å². The molecule has 1 aromatic heterocycles. The van der Waals surface area contributed by atoms with Crippen molar-refractivity contribution in [3.63, 3.8) is 0 Å². The van der Waals surface area contributed by atoms with Gasteiger partial charge in [-0.15, -0.1) is 23.7 Å². The van der Waals surface area contributed by atoms with Crippen LogP contribution in [0.5, 0.6) is 0 Å². The molecule has 5 rings (SSSR count). The summed E-state index contributed by atoms with van der Waals surface area (Å²) in [6, 6.07) is 6.70. The maximum absolute atomic E-state index is 12.5. The molecule has 0 saturated carbocycles. The maximum atomic E-state index is 12.5. The molecule has 0 unspecified atom stereocenters. The van der Waals surface area contributed by atoms with Crippen molar-refractivity contribution < 1.29 is 9.72 Å². The summed E-state index contributed by atoms with van der Waals surface area (Å²) in [5, 5.41) is 14.8. The van der Waals surface area contributed by atoms with Crippen LogP contribution < -0.4 is 5.32 Å². The lowest BCUT2D eigenvalue weighted by atomic mass is 9.84. The molecule has 1 N–H and O–H groups in total. The topological polar surface area (TPSA) is 75.5 Å². The van der Waals surface area contributed by atoms with E-state index in [2.05, 4.69) is 10.2 Å². The Kier molecular flexibility index (Phi) is 4.76. The fraction of sp³-hybridized carbons (Fsp3) is 0.438. The largest absolute Gasteiger partial charge is 0.347 e. The minimum Gasteiger partial charge on any atom is -0.347 e. The van der Waals surface area contributed by atoms with Crippen LogP contribution in [0.1, 0.15) is 22.5 Å². The van der Waals surface area contributed by atoms with Crippen LogP contribution in [0.4, 0.5) is 5.69 Å². The van der Waals surface area contributed by atoms with Gasteiger partial charge in [0.15, 0.2) is 0 Å². The van der Waals surface area contributed by atoms with Crippen LogP contribution in [0, 0.1) is 16.0 Å². The minimum absolute atomic E-state index is 0. The van der Waals surface area contributed by atoms with Gasteiger partial charge in [0.2, 0.25) is 0 Å². The van der Waals surface area contributed by atoms with Crippen LogP contribution in [0.3, 0.4) is 0 Å². The number of rotatable bonds is 3. The van der Waals surface area contributed by atoms with Crippen LogP contribution in [0.25, 0.3) is 10.1 Å². The third-order valence-corrected chi connectivity index (χ3v) is 6.02. The smallest absolute Gasteiger partial charge is 0.270 e. The average molecular weight is 368 g/mol. The zero-order valence-corrected chi connectivity index (χ0v) is 14.6. The van der Waals surface area contributed by atoms with Crippen molar-refractivity contribution in [2.24, 2.45) is 5.92 Å². The SMILES string of the molecule is Cl.O=C(N[C@H]1CN2CCC1CC2)c1cc2cc([N+](=O)[O-])ccc2s1. The van der Waals surface area contributed by atoms with Crippen molar-refractivity contribution in [3.8, 4) is 0 Å². The van der Waals surface area contributed by atoms with Gasteiger partial charge in [-0.2, -0.15) is 0 Å². The van der Waals surface area contributed by atoms with Crippen molar-refractivity contribution in [1.29, 1.82) is 0 Å². The van der Waals surface area contributed by atoms with E-state index in [0.717, 1.165) is 42.6 Å². The van der Waals surface area contributed by atoms with Gasteiger partial charge in [0.1, 0.15) is 0 Å². The summed E-state index contributed by atoms with van der Waals surface area (Å²) in [6.07, 6.45) is 2.31. The number of hydrogen-bond acceptors (Lipinski definition) is 5. The number of nitrogens with one attached hydrogen (secondary N) is 1. The second-order valence-electron chi connectivity index (χ2n) is 6.31. The highest BCUT2D eigenvalue weighted by Crippen LogP contribution is 2.30. The number of nitrogens with zero attached hydrogens (tertiary/aromatic N) is 2. The van der Waals surface area contributed by atoms with Crippen LogP contribution >= 0.6 is 23.7 Å². The van der Waals surface area contributed by atoms with Crippen LogP contribution in [0.15, 0.2) is 24.3 Å². The van der Waals surface area contributed by atoms with Crippen molar-refractivity contribution in [2.75, 3.05) is 19.6 Å². The molecule has 6 nitrogen and oxygen atoms in total. The quantitative estimate of drug-likeness (QED) is 0.668. The van der Waals surface area contributed by atoms with Crippen molar-refractivity contribution in [1.82, 2.24) is 10.2 Å². The summed E-state index contributed by atoms with van der Waals surface area (Å²) in [5.74, 6) is 0.520. The third-order valence-electron chi connectivity index (χ3n) is 4.91. The van der Waals surface area contributed by atoms with Gasteiger partial charge < -0.3 is 10.2 Å². The summed E-state index contributed by atoms with van der Waals surface area (Å²) in [4.78, 5) is 26.0. The molecule has 0 aliphatic carbocycles. The number of nitro benzene ring substituents is 1. The molecule has 1 amide bonds. The molecular formula is C16H18ClN3O3S. The Morgan fingerprint density at radius 3 is 2.67 bits per heavy atom. The Labute approximate surface area is 149 Å². The molecule has 0 radical (unpaired) electrons. The summed E-state index contributed by atoms with van der Waals surface area (Å²) in [5.41, 5.74) is 0.0552. The number of fused-ring (bicyclic) bond motifs is 4. The molecule has 3 aliphatic rings. The predicted molar refractivity (Wildman–Crippen MR) is 96.1 cm³/mol. The monoisotopic (exact) mass is 367 g/mol. The first-order chi connectivity index (χ1) is 11.1. The highest BCUT2D eigenvalue weighted by Gasteiger charge is 2.35. The number of non-ortho nitro benzene ring substituents is 1. The lowest BCUT2D eigenvalue weighted by Gasteiger charge is -2.44. The number of nitro groups is 1. The summed E-state index contributed by atoms with van der Waals surface area (Å²) in [6.45, 7) is 3.22. The number of hydrogen-bond donors (Lipinski definition) is 1. The van der Waals surface area contributed by atoms with Crippen LogP contribution in [-0.2, 0) is 0 Å². The molecule has 128 valence electrons. The highest BCUT2D eigenvalue weighted by molar-refractivity contribution is 7.20. The number of amides is 1. The lowest BCUT2D eigenvalue weighted by molar-refractivity contribution is -0.384. The molecule has 3 saturated heterocycles. The van der Waals surface area contributed by atoms with Gasteiger partial charge in [0.25, 0.3) is 11.6 Å². The Morgan fingerprint density at radius 1 is 1.29 bits per heavy atom. The van der Waals surface area contributed by atoms with Crippen molar-refractivity contribution in [3.05, 3.63) is 39.3 Å². The van der Waals surface area contributed by atoms with Gasteiger partial charge in [0, 0.05) is 34.8 Å². The molecule has 2 aromatic rings. The van der Waals surface area contributed by atoms with E-state index in [1.807, 2.05) is 0 Å². The Bertz CT molecular complexity index is 786. The number of carbonyl (C=O) groups excluding carboxylic acids is 1. The molecule has 1 atom stereocenters. The molecule has 8 heteroatoms. The van der Waals surface area contributed by atoms with Gasteiger partial charge in [-0.05, 0) is 44.0 Å². The molecular weight excluding hydrogens is 350 g/mol. The van der Waals surface area contributed by atoms with Gasteiger partial charge in [0.05, 0.1) is 9.80 Å². The number of piperidine rings is 3. The van der Waals surface area contributed by atoms with E-state index in [4.69, 9.17) is 0 Å². The van der Waals surface area contributed by atoms with Crippen LogP contribution in [0.2, 0.25) is 0 Å². The molecule has 2 bridgehead atoms. The van der Waals surface area contributed by atoms with Crippen molar-refractivity contribution in [2.45, 2.75) is 18.9 Å². The summed E-state index contributed by atoms with van der Waals surface area (Å²) in [7, 11) is 0. The number of benzene rings is 1. The van der Waals surface area contributed by atoms with E-state index < -0.39 is 4.92 Å². The second-order valence-corrected chi connectivity index (χ2v) is 7.39. The van der Waals surface area contributed by atoms with E-state index in [1.165, 1.54) is 23.5 Å².